The molecule has 3 rings (SSSR count). The largest absolute Gasteiger partial charge is 0.317 e. The molecule has 8 heteroatoms. The number of hydrogen-bond donors (Lipinski definition) is 1. The summed E-state index contributed by atoms with van der Waals surface area (Å²) >= 11 is 4.76. The number of carbonyl (C=O) groups is 1. The Morgan fingerprint density at radius 1 is 1.32 bits per heavy atom. The standard InChI is InChI=1S/C20H18BrN5OS/c1-2-3-6-18-24-25-20(28-18)23-19(27)14(13-22)12-17-5-4-11-26(17)16-9-7-15(21)8-10-16/h4-5,7-12H,2-3,6H2,1H3,(H,23,25,27)/b14-12-. The number of halogens is 1. The summed E-state index contributed by atoms with van der Waals surface area (Å²) < 4.78 is 2.89. The highest BCUT2D eigenvalue weighted by atomic mass is 79.9. The zero-order chi connectivity index (χ0) is 19.9. The summed E-state index contributed by atoms with van der Waals surface area (Å²) in [6.07, 6.45) is 6.38. The molecule has 0 aliphatic carbocycles. The topological polar surface area (TPSA) is 83.6 Å². The van der Waals surface area contributed by atoms with E-state index < -0.39 is 5.91 Å². The molecule has 1 N–H and O–H groups in total. The minimum absolute atomic E-state index is 0.00219. The molecule has 6 nitrogen and oxygen atoms in total. The molecule has 2 heterocycles. The first-order chi connectivity index (χ1) is 13.6. The van der Waals surface area contributed by atoms with Gasteiger partial charge in [0, 0.05) is 28.5 Å². The van der Waals surface area contributed by atoms with Gasteiger partial charge in [-0.1, -0.05) is 40.6 Å². The van der Waals surface area contributed by atoms with Crippen LogP contribution in [0.15, 0.2) is 52.6 Å². The Morgan fingerprint density at radius 2 is 2.11 bits per heavy atom. The summed E-state index contributed by atoms with van der Waals surface area (Å²) in [5, 5.41) is 21.5. The average molecular weight is 456 g/mol. The van der Waals surface area contributed by atoms with Crippen LogP contribution in [0.3, 0.4) is 0 Å². The summed E-state index contributed by atoms with van der Waals surface area (Å²) in [5.41, 5.74) is 1.67. The van der Waals surface area contributed by atoms with Crippen molar-refractivity contribution in [2.75, 3.05) is 5.32 Å². The maximum atomic E-state index is 12.5. The quantitative estimate of drug-likeness (QED) is 0.402. The number of amides is 1. The van der Waals surface area contributed by atoms with E-state index in [-0.39, 0.29) is 5.57 Å². The molecule has 0 aliphatic rings. The Morgan fingerprint density at radius 3 is 2.82 bits per heavy atom. The summed E-state index contributed by atoms with van der Waals surface area (Å²) in [6.45, 7) is 2.11. The van der Waals surface area contributed by atoms with Crippen molar-refractivity contribution in [2.24, 2.45) is 0 Å². The Balaban J connectivity index is 1.78. The lowest BCUT2D eigenvalue weighted by Crippen LogP contribution is -2.13. The van der Waals surface area contributed by atoms with Gasteiger partial charge in [-0.25, -0.2) is 0 Å². The van der Waals surface area contributed by atoms with Gasteiger partial charge in [0.1, 0.15) is 16.6 Å². The van der Waals surface area contributed by atoms with E-state index in [4.69, 9.17) is 0 Å². The van der Waals surface area contributed by atoms with E-state index in [1.165, 1.54) is 11.3 Å². The van der Waals surface area contributed by atoms with Gasteiger partial charge in [-0.3, -0.25) is 10.1 Å². The van der Waals surface area contributed by atoms with E-state index in [0.29, 0.717) is 5.13 Å². The number of nitrogens with one attached hydrogen (secondary N) is 1. The van der Waals surface area contributed by atoms with E-state index >= 15 is 0 Å². The molecule has 0 radical (unpaired) electrons. The smallest absolute Gasteiger partial charge is 0.268 e. The summed E-state index contributed by atoms with van der Waals surface area (Å²) in [7, 11) is 0. The number of unbranched alkanes of at least 4 members (excludes halogenated alkanes) is 1. The lowest BCUT2D eigenvalue weighted by molar-refractivity contribution is -0.112. The second-order valence-corrected chi connectivity index (χ2v) is 7.99. The van der Waals surface area contributed by atoms with Gasteiger partial charge in [-0.2, -0.15) is 5.26 Å². The van der Waals surface area contributed by atoms with Crippen LogP contribution in [0, 0.1) is 11.3 Å². The van der Waals surface area contributed by atoms with E-state index in [1.807, 2.05) is 53.2 Å². The second-order valence-electron chi connectivity index (χ2n) is 6.01. The minimum Gasteiger partial charge on any atom is -0.317 e. The zero-order valence-electron chi connectivity index (χ0n) is 15.2. The van der Waals surface area contributed by atoms with Gasteiger partial charge in [0.05, 0.1) is 0 Å². The first-order valence-corrected chi connectivity index (χ1v) is 10.4. The highest BCUT2D eigenvalue weighted by Crippen LogP contribution is 2.20. The van der Waals surface area contributed by atoms with E-state index in [2.05, 4.69) is 38.4 Å². The third-order valence-corrected chi connectivity index (χ3v) is 5.40. The maximum absolute atomic E-state index is 12.5. The fourth-order valence-electron chi connectivity index (χ4n) is 2.54. The summed E-state index contributed by atoms with van der Waals surface area (Å²) in [6, 6.07) is 13.5. The number of nitriles is 1. The molecule has 0 fully saturated rings. The molecule has 2 aromatic heterocycles. The summed E-state index contributed by atoms with van der Waals surface area (Å²) in [4.78, 5) is 12.5. The number of rotatable bonds is 7. The van der Waals surface area contributed by atoms with Crippen LogP contribution in [0.5, 0.6) is 0 Å². The fraction of sp³-hybridized carbons (Fsp3) is 0.200. The lowest BCUT2D eigenvalue weighted by Gasteiger charge is -2.07. The Kier molecular flexibility index (Phi) is 6.74. The Labute approximate surface area is 175 Å². The first kappa shape index (κ1) is 20.0. The number of anilines is 1. The molecular weight excluding hydrogens is 438 g/mol. The molecule has 0 saturated heterocycles. The molecule has 0 spiro atoms. The molecule has 3 aromatic rings. The normalized spacial score (nSPS) is 11.2. The predicted molar refractivity (Wildman–Crippen MR) is 114 cm³/mol. The van der Waals surface area contributed by atoms with Crippen molar-refractivity contribution in [3.63, 3.8) is 0 Å². The van der Waals surface area contributed by atoms with Crippen LogP contribution in [0.4, 0.5) is 5.13 Å². The third kappa shape index (κ3) is 4.94. The Bertz CT molecular complexity index is 1030. The molecule has 0 aliphatic heterocycles. The molecule has 28 heavy (non-hydrogen) atoms. The molecule has 0 atom stereocenters. The van der Waals surface area contributed by atoms with Gasteiger partial charge in [-0.15, -0.1) is 10.2 Å². The number of benzene rings is 1. The minimum atomic E-state index is -0.496. The van der Waals surface area contributed by atoms with E-state index in [9.17, 15) is 10.1 Å². The van der Waals surface area contributed by atoms with E-state index in [0.717, 1.165) is 40.1 Å². The van der Waals surface area contributed by atoms with Crippen molar-refractivity contribution in [1.29, 1.82) is 5.26 Å². The van der Waals surface area contributed by atoms with Gasteiger partial charge in [0.2, 0.25) is 5.13 Å². The maximum Gasteiger partial charge on any atom is 0.268 e. The van der Waals surface area contributed by atoms with Crippen molar-refractivity contribution < 1.29 is 4.79 Å². The van der Waals surface area contributed by atoms with Crippen LogP contribution in [0.2, 0.25) is 0 Å². The van der Waals surface area contributed by atoms with Crippen molar-refractivity contribution in [3.05, 3.63) is 63.3 Å². The van der Waals surface area contributed by atoms with Crippen LogP contribution in [0.1, 0.15) is 30.5 Å². The highest BCUT2D eigenvalue weighted by molar-refractivity contribution is 9.10. The number of nitrogens with zero attached hydrogens (tertiary/aromatic N) is 4. The second kappa shape index (κ2) is 9.44. The van der Waals surface area contributed by atoms with Gasteiger partial charge >= 0.3 is 0 Å². The van der Waals surface area contributed by atoms with E-state index in [1.54, 1.807) is 6.08 Å². The average Bonchev–Trinajstić information content (AvgIpc) is 3.34. The monoisotopic (exact) mass is 455 g/mol. The Hall–Kier alpha value is -2.76. The van der Waals surface area contributed by atoms with Crippen molar-refractivity contribution in [2.45, 2.75) is 26.2 Å². The van der Waals surface area contributed by atoms with Crippen LogP contribution in [-0.2, 0) is 11.2 Å². The van der Waals surface area contributed by atoms with Gasteiger partial charge < -0.3 is 4.57 Å². The summed E-state index contributed by atoms with van der Waals surface area (Å²) in [5.74, 6) is -0.496. The first-order valence-electron chi connectivity index (χ1n) is 8.79. The molecule has 0 saturated carbocycles. The molecule has 0 unspecified atom stereocenters. The van der Waals surface area contributed by atoms with Crippen molar-refractivity contribution >= 4 is 44.4 Å². The van der Waals surface area contributed by atoms with Gasteiger partial charge in [-0.05, 0) is 48.9 Å². The molecule has 142 valence electrons. The number of aromatic nitrogens is 3. The van der Waals surface area contributed by atoms with Crippen LogP contribution >= 0.6 is 27.3 Å². The van der Waals surface area contributed by atoms with Crippen LogP contribution in [0.25, 0.3) is 11.8 Å². The zero-order valence-corrected chi connectivity index (χ0v) is 17.6. The predicted octanol–water partition coefficient (Wildman–Crippen LogP) is 4.98. The SMILES string of the molecule is CCCCc1nnc(NC(=O)/C(C#N)=C\c2cccn2-c2ccc(Br)cc2)s1. The van der Waals surface area contributed by atoms with Crippen molar-refractivity contribution in [1.82, 2.24) is 14.8 Å². The fourth-order valence-corrected chi connectivity index (χ4v) is 3.58. The molecule has 1 amide bonds. The van der Waals surface area contributed by atoms with Crippen LogP contribution in [-0.4, -0.2) is 20.7 Å². The van der Waals surface area contributed by atoms with Gasteiger partial charge in [0.15, 0.2) is 0 Å². The number of carbonyl (C=O) groups excluding carboxylic acids is 1. The highest BCUT2D eigenvalue weighted by Gasteiger charge is 2.14. The van der Waals surface area contributed by atoms with Crippen LogP contribution < -0.4 is 5.32 Å². The van der Waals surface area contributed by atoms with Crippen molar-refractivity contribution in [3.8, 4) is 11.8 Å². The molecular formula is C20H18BrN5OS. The third-order valence-electron chi connectivity index (χ3n) is 3.97. The lowest BCUT2D eigenvalue weighted by atomic mass is 10.2. The molecule has 0 bridgehead atoms. The number of aryl methyl sites for hydroxylation is 1. The van der Waals surface area contributed by atoms with Gasteiger partial charge in [0.25, 0.3) is 5.91 Å². The molecule has 1 aromatic carbocycles. The number of hydrogen-bond acceptors (Lipinski definition) is 5.